The van der Waals surface area contributed by atoms with E-state index in [0.717, 1.165) is 86.6 Å². The van der Waals surface area contributed by atoms with E-state index in [-0.39, 0.29) is 0 Å². The molecule has 0 aromatic heterocycles. The summed E-state index contributed by atoms with van der Waals surface area (Å²) in [6, 6.07) is 12.8. The Balaban J connectivity index is 1.19. The van der Waals surface area contributed by atoms with Gasteiger partial charge in [-0.25, -0.2) is 0 Å². The van der Waals surface area contributed by atoms with E-state index >= 15 is 0 Å². The predicted octanol–water partition coefficient (Wildman–Crippen LogP) is 4.55. The topological polar surface area (TPSA) is 13.0 Å². The van der Waals surface area contributed by atoms with Crippen molar-refractivity contribution in [3.63, 3.8) is 0 Å². The highest BCUT2D eigenvalue weighted by Crippen LogP contribution is 2.25. The van der Waals surface area contributed by atoms with Crippen LogP contribution in [0.25, 0.3) is 0 Å². The second-order valence-corrected chi connectivity index (χ2v) is 9.34. The highest BCUT2D eigenvalue weighted by atomic mass is 35.5. The molecule has 162 valence electrons. The molecule has 0 radical (unpaired) electrons. The minimum Gasteiger partial charge on any atom is -0.369 e. The standard InChI is InChI=1S/C24H32Cl2N4/c1-19-3-5-21(17-23(19)25)29-13-9-27(10-14-29)7-8-28-11-15-30(16-12-28)22-6-4-20(2)24(26)18-22/h3-6,17-18H,7-16H2,1-2H3. The van der Waals surface area contributed by atoms with Gasteiger partial charge in [-0.2, -0.15) is 0 Å². The molecule has 2 saturated heterocycles. The molecule has 0 spiro atoms. The number of hydrogen-bond acceptors (Lipinski definition) is 4. The summed E-state index contributed by atoms with van der Waals surface area (Å²) in [7, 11) is 0. The average Bonchev–Trinajstić information content (AvgIpc) is 2.77. The van der Waals surface area contributed by atoms with Crippen molar-refractivity contribution >= 4 is 34.6 Å². The van der Waals surface area contributed by atoms with E-state index in [0.29, 0.717) is 0 Å². The molecule has 0 unspecified atom stereocenters. The van der Waals surface area contributed by atoms with Crippen LogP contribution < -0.4 is 9.80 Å². The van der Waals surface area contributed by atoms with Gasteiger partial charge in [0.15, 0.2) is 0 Å². The van der Waals surface area contributed by atoms with Crippen LogP contribution in [0.4, 0.5) is 11.4 Å². The van der Waals surface area contributed by atoms with Crippen molar-refractivity contribution in [2.45, 2.75) is 13.8 Å². The zero-order chi connectivity index (χ0) is 21.1. The highest BCUT2D eigenvalue weighted by Gasteiger charge is 2.21. The molecular weight excluding hydrogens is 415 g/mol. The normalized spacial score (nSPS) is 18.8. The Morgan fingerprint density at radius 2 is 0.967 bits per heavy atom. The van der Waals surface area contributed by atoms with Gasteiger partial charge in [0.05, 0.1) is 0 Å². The SMILES string of the molecule is Cc1ccc(N2CCN(CCN3CCN(c4ccc(C)c(Cl)c4)CC3)CC2)cc1Cl. The maximum absolute atomic E-state index is 6.31. The number of nitrogens with zero attached hydrogens (tertiary/aromatic N) is 4. The molecule has 2 heterocycles. The summed E-state index contributed by atoms with van der Waals surface area (Å²) in [5.41, 5.74) is 4.78. The van der Waals surface area contributed by atoms with Gasteiger partial charge < -0.3 is 9.80 Å². The van der Waals surface area contributed by atoms with Crippen LogP contribution in [-0.4, -0.2) is 75.2 Å². The van der Waals surface area contributed by atoms with Crippen molar-refractivity contribution in [1.82, 2.24) is 9.80 Å². The van der Waals surface area contributed by atoms with Crippen LogP contribution in [0.3, 0.4) is 0 Å². The molecule has 6 heteroatoms. The van der Waals surface area contributed by atoms with Gasteiger partial charge in [-0.05, 0) is 49.2 Å². The van der Waals surface area contributed by atoms with Gasteiger partial charge >= 0.3 is 0 Å². The Hall–Kier alpha value is -1.46. The fraction of sp³-hybridized carbons (Fsp3) is 0.500. The van der Waals surface area contributed by atoms with Crippen LogP contribution in [0.1, 0.15) is 11.1 Å². The first-order chi connectivity index (χ1) is 14.5. The monoisotopic (exact) mass is 446 g/mol. The Kier molecular flexibility index (Phi) is 7.09. The number of halogens is 2. The summed E-state index contributed by atoms with van der Waals surface area (Å²) in [5, 5.41) is 1.73. The lowest BCUT2D eigenvalue weighted by Crippen LogP contribution is -2.51. The summed E-state index contributed by atoms with van der Waals surface area (Å²) in [6.45, 7) is 15.2. The first kappa shape index (κ1) is 21.8. The number of aryl methyl sites for hydroxylation is 2. The fourth-order valence-corrected chi connectivity index (χ4v) is 4.65. The Morgan fingerprint density at radius 1 is 0.600 bits per heavy atom. The summed E-state index contributed by atoms with van der Waals surface area (Å²) in [5.74, 6) is 0. The minimum absolute atomic E-state index is 0.863. The molecule has 4 rings (SSSR count). The Labute approximate surface area is 191 Å². The molecular formula is C24H32Cl2N4. The third-order valence-electron chi connectivity index (χ3n) is 6.52. The third kappa shape index (κ3) is 5.23. The van der Waals surface area contributed by atoms with Gasteiger partial charge in [-0.3, -0.25) is 9.80 Å². The molecule has 30 heavy (non-hydrogen) atoms. The van der Waals surface area contributed by atoms with Crippen molar-refractivity contribution in [2.24, 2.45) is 0 Å². The van der Waals surface area contributed by atoms with Crippen LogP contribution in [0.2, 0.25) is 10.0 Å². The molecule has 0 saturated carbocycles. The molecule has 0 atom stereocenters. The summed E-state index contributed by atoms with van der Waals surface area (Å²) in [6.07, 6.45) is 0. The Morgan fingerprint density at radius 3 is 1.30 bits per heavy atom. The Bertz CT molecular complexity index is 785. The second kappa shape index (κ2) is 9.78. The van der Waals surface area contributed by atoms with E-state index in [1.165, 1.54) is 11.4 Å². The fourth-order valence-electron chi connectivity index (χ4n) is 4.30. The molecule has 2 aromatic carbocycles. The molecule has 4 nitrogen and oxygen atoms in total. The van der Waals surface area contributed by atoms with Gasteiger partial charge in [0.25, 0.3) is 0 Å². The lowest BCUT2D eigenvalue weighted by molar-refractivity contribution is 0.190. The lowest BCUT2D eigenvalue weighted by atomic mass is 10.2. The third-order valence-corrected chi connectivity index (χ3v) is 7.33. The number of anilines is 2. The van der Waals surface area contributed by atoms with Gasteiger partial charge in [0.1, 0.15) is 0 Å². The lowest BCUT2D eigenvalue weighted by Gasteiger charge is -2.39. The first-order valence-corrected chi connectivity index (χ1v) is 11.7. The number of benzene rings is 2. The summed E-state index contributed by atoms with van der Waals surface area (Å²) in [4.78, 5) is 10.1. The maximum Gasteiger partial charge on any atom is 0.0455 e. The first-order valence-electron chi connectivity index (χ1n) is 11.0. The predicted molar refractivity (Wildman–Crippen MR) is 130 cm³/mol. The van der Waals surface area contributed by atoms with Crippen LogP contribution in [-0.2, 0) is 0 Å². The van der Waals surface area contributed by atoms with Crippen LogP contribution in [0, 0.1) is 13.8 Å². The van der Waals surface area contributed by atoms with Crippen molar-refractivity contribution < 1.29 is 0 Å². The van der Waals surface area contributed by atoms with Crippen molar-refractivity contribution in [2.75, 3.05) is 75.2 Å². The molecule has 0 aliphatic carbocycles. The van der Waals surface area contributed by atoms with E-state index in [1.807, 2.05) is 0 Å². The molecule has 2 aliphatic rings. The van der Waals surface area contributed by atoms with E-state index in [2.05, 4.69) is 69.8 Å². The van der Waals surface area contributed by atoms with Crippen LogP contribution in [0.15, 0.2) is 36.4 Å². The summed E-state index contributed by atoms with van der Waals surface area (Å²) < 4.78 is 0. The molecule has 0 N–H and O–H groups in total. The van der Waals surface area contributed by atoms with Crippen molar-refractivity contribution in [1.29, 1.82) is 0 Å². The largest absolute Gasteiger partial charge is 0.369 e. The zero-order valence-corrected chi connectivity index (χ0v) is 19.6. The molecule has 0 bridgehead atoms. The second-order valence-electron chi connectivity index (χ2n) is 8.52. The van der Waals surface area contributed by atoms with Gasteiger partial charge in [-0.15, -0.1) is 0 Å². The van der Waals surface area contributed by atoms with Gasteiger partial charge in [0, 0.05) is 86.9 Å². The number of piperazine rings is 2. The van der Waals surface area contributed by atoms with E-state index in [1.54, 1.807) is 0 Å². The molecule has 2 aliphatic heterocycles. The smallest absolute Gasteiger partial charge is 0.0455 e. The number of hydrogen-bond donors (Lipinski definition) is 0. The highest BCUT2D eigenvalue weighted by molar-refractivity contribution is 6.31. The van der Waals surface area contributed by atoms with Crippen molar-refractivity contribution in [3.05, 3.63) is 57.6 Å². The quantitative estimate of drug-likeness (QED) is 0.667. The van der Waals surface area contributed by atoms with E-state index in [9.17, 15) is 0 Å². The average molecular weight is 447 g/mol. The molecule has 2 fully saturated rings. The number of rotatable bonds is 5. The molecule has 2 aromatic rings. The van der Waals surface area contributed by atoms with Crippen molar-refractivity contribution in [3.8, 4) is 0 Å². The molecule has 0 amide bonds. The van der Waals surface area contributed by atoms with Gasteiger partial charge in [0.2, 0.25) is 0 Å². The van der Waals surface area contributed by atoms with Gasteiger partial charge in [-0.1, -0.05) is 35.3 Å². The minimum atomic E-state index is 0.863. The summed E-state index contributed by atoms with van der Waals surface area (Å²) >= 11 is 12.6. The zero-order valence-electron chi connectivity index (χ0n) is 18.1. The van der Waals surface area contributed by atoms with Crippen LogP contribution >= 0.6 is 23.2 Å². The van der Waals surface area contributed by atoms with E-state index in [4.69, 9.17) is 23.2 Å². The van der Waals surface area contributed by atoms with E-state index < -0.39 is 0 Å². The maximum atomic E-state index is 6.31. The van der Waals surface area contributed by atoms with Crippen LogP contribution in [0.5, 0.6) is 0 Å².